The van der Waals surface area contributed by atoms with Gasteiger partial charge in [0.2, 0.25) is 17.7 Å². The van der Waals surface area contributed by atoms with E-state index in [-0.39, 0.29) is 49.3 Å². The monoisotopic (exact) mass is 392 g/mol. The fraction of sp³-hybridized carbons (Fsp3) is 0.273. The number of nitrogens with zero attached hydrogens (tertiary/aromatic N) is 2. The summed E-state index contributed by atoms with van der Waals surface area (Å²) in [5, 5.41) is 0. The second-order valence-corrected chi connectivity index (χ2v) is 7.23. The number of hydrogen-bond acceptors (Lipinski definition) is 5. The molecule has 4 rings (SSSR count). The van der Waals surface area contributed by atoms with Gasteiger partial charge in [0.25, 0.3) is 0 Å². The summed E-state index contributed by atoms with van der Waals surface area (Å²) in [6, 6.07) is 13.8. The predicted molar refractivity (Wildman–Crippen MR) is 105 cm³/mol. The number of carbonyl (C=O) groups is 4. The topological polar surface area (TPSA) is 84.0 Å². The third-order valence-electron chi connectivity index (χ3n) is 5.21. The van der Waals surface area contributed by atoms with Gasteiger partial charge >= 0.3 is 5.97 Å². The van der Waals surface area contributed by atoms with Gasteiger partial charge in [-0.3, -0.25) is 24.1 Å². The molecule has 2 saturated heterocycles. The molecule has 0 aromatic heterocycles. The minimum Gasteiger partial charge on any atom is -0.426 e. The van der Waals surface area contributed by atoms with Crippen molar-refractivity contribution in [3.05, 3.63) is 54.1 Å². The van der Waals surface area contributed by atoms with Crippen LogP contribution in [0.2, 0.25) is 0 Å². The molecule has 2 aliphatic heterocycles. The van der Waals surface area contributed by atoms with Gasteiger partial charge in [0, 0.05) is 37.6 Å². The first kappa shape index (κ1) is 18.9. The van der Waals surface area contributed by atoms with Crippen LogP contribution in [-0.4, -0.2) is 30.2 Å². The van der Waals surface area contributed by atoms with Gasteiger partial charge in [-0.1, -0.05) is 24.3 Å². The van der Waals surface area contributed by atoms with E-state index in [0.717, 1.165) is 16.2 Å². The normalized spacial score (nSPS) is 19.2. The summed E-state index contributed by atoms with van der Waals surface area (Å²) in [4.78, 5) is 51.6. The van der Waals surface area contributed by atoms with E-state index in [1.165, 1.54) is 6.07 Å². The highest BCUT2D eigenvalue weighted by atomic mass is 16.5. The minimum atomic E-state index is -0.583. The first-order valence-electron chi connectivity index (χ1n) is 9.47. The Morgan fingerprint density at radius 1 is 0.966 bits per heavy atom. The predicted octanol–water partition coefficient (Wildman–Crippen LogP) is 2.61. The highest BCUT2D eigenvalue weighted by molar-refractivity contribution is 6.19. The Morgan fingerprint density at radius 3 is 2.41 bits per heavy atom. The summed E-state index contributed by atoms with van der Waals surface area (Å²) in [6.07, 6.45) is 0.444. The van der Waals surface area contributed by atoms with Crippen LogP contribution >= 0.6 is 0 Å². The average molecular weight is 392 g/mol. The fourth-order valence-electron chi connectivity index (χ4n) is 3.71. The number of imide groups is 1. The number of para-hydroxylation sites is 1. The van der Waals surface area contributed by atoms with Crippen molar-refractivity contribution in [1.82, 2.24) is 0 Å². The summed E-state index contributed by atoms with van der Waals surface area (Å²) >= 11 is 0. The molecule has 29 heavy (non-hydrogen) atoms. The van der Waals surface area contributed by atoms with Crippen LogP contribution in [0.25, 0.3) is 0 Å². The molecule has 0 saturated carbocycles. The van der Waals surface area contributed by atoms with E-state index in [9.17, 15) is 19.2 Å². The molecule has 2 fully saturated rings. The van der Waals surface area contributed by atoms with E-state index in [4.69, 9.17) is 4.74 Å². The van der Waals surface area contributed by atoms with Gasteiger partial charge in [0.1, 0.15) is 5.75 Å². The van der Waals surface area contributed by atoms with Crippen LogP contribution in [0.15, 0.2) is 48.5 Å². The van der Waals surface area contributed by atoms with Crippen molar-refractivity contribution < 1.29 is 23.9 Å². The van der Waals surface area contributed by atoms with Crippen LogP contribution in [0.3, 0.4) is 0 Å². The number of esters is 1. The summed E-state index contributed by atoms with van der Waals surface area (Å²) in [5.74, 6) is -1.51. The molecular weight excluding hydrogens is 372 g/mol. The van der Waals surface area contributed by atoms with E-state index < -0.39 is 11.9 Å². The van der Waals surface area contributed by atoms with E-state index in [1.807, 2.05) is 31.2 Å². The molecule has 7 heteroatoms. The van der Waals surface area contributed by atoms with Gasteiger partial charge in [0.05, 0.1) is 11.6 Å². The number of aryl methyl sites for hydroxylation is 1. The second kappa shape index (κ2) is 7.50. The minimum absolute atomic E-state index is 0.0793. The van der Waals surface area contributed by atoms with Crippen LogP contribution < -0.4 is 14.5 Å². The lowest BCUT2D eigenvalue weighted by atomic mass is 10.1. The number of benzene rings is 2. The smallest absolute Gasteiger partial charge is 0.316 e. The first-order valence-corrected chi connectivity index (χ1v) is 9.47. The molecule has 0 N–H and O–H groups in total. The molecule has 2 aromatic carbocycles. The average Bonchev–Trinajstić information content (AvgIpc) is 3.24. The van der Waals surface area contributed by atoms with Gasteiger partial charge in [-0.2, -0.15) is 0 Å². The molecule has 7 nitrogen and oxygen atoms in total. The maximum Gasteiger partial charge on any atom is 0.316 e. The zero-order valence-electron chi connectivity index (χ0n) is 16.0. The molecule has 148 valence electrons. The Hall–Kier alpha value is -3.48. The molecule has 2 heterocycles. The third-order valence-corrected chi connectivity index (χ3v) is 5.21. The van der Waals surface area contributed by atoms with Crippen molar-refractivity contribution in [3.8, 4) is 5.75 Å². The quantitative estimate of drug-likeness (QED) is 0.454. The van der Waals surface area contributed by atoms with Crippen molar-refractivity contribution in [2.24, 2.45) is 5.92 Å². The Bertz CT molecular complexity index is 1000. The molecular formula is C22H20N2O5. The second-order valence-electron chi connectivity index (χ2n) is 7.23. The summed E-state index contributed by atoms with van der Waals surface area (Å²) in [6.45, 7) is 2.17. The van der Waals surface area contributed by atoms with Gasteiger partial charge in [0.15, 0.2) is 0 Å². The van der Waals surface area contributed by atoms with Crippen LogP contribution in [-0.2, 0) is 19.2 Å². The maximum atomic E-state index is 12.6. The number of amides is 3. The van der Waals surface area contributed by atoms with Crippen molar-refractivity contribution in [3.63, 3.8) is 0 Å². The van der Waals surface area contributed by atoms with Crippen molar-refractivity contribution in [2.45, 2.75) is 26.2 Å². The van der Waals surface area contributed by atoms with E-state index in [1.54, 1.807) is 23.1 Å². The van der Waals surface area contributed by atoms with Gasteiger partial charge in [-0.25, -0.2) is 0 Å². The highest BCUT2D eigenvalue weighted by Crippen LogP contribution is 2.30. The zero-order chi connectivity index (χ0) is 20.5. The summed E-state index contributed by atoms with van der Waals surface area (Å²) in [7, 11) is 0. The number of carbonyl (C=O) groups excluding carboxylic acids is 4. The number of rotatable bonds is 4. The van der Waals surface area contributed by atoms with Crippen molar-refractivity contribution in [2.75, 3.05) is 16.3 Å². The van der Waals surface area contributed by atoms with Gasteiger partial charge in [-0.15, -0.1) is 0 Å². The Kier molecular flexibility index (Phi) is 4.88. The van der Waals surface area contributed by atoms with Crippen LogP contribution in [0.5, 0.6) is 5.75 Å². The Morgan fingerprint density at radius 2 is 1.69 bits per heavy atom. The maximum absolute atomic E-state index is 12.6. The lowest BCUT2D eigenvalue weighted by Crippen LogP contribution is -2.29. The number of ether oxygens (including phenoxy) is 1. The lowest BCUT2D eigenvalue weighted by molar-refractivity contribution is -0.139. The molecule has 0 aliphatic carbocycles. The number of hydrogen-bond donors (Lipinski definition) is 0. The first-order chi connectivity index (χ1) is 13.9. The standard InChI is InChI=1S/C22H20N2O5/c1-14-5-2-3-8-18(14)23-13-15(11-21(23)27)22(28)29-17-7-4-6-16(12-17)24-19(25)9-10-20(24)26/h2-8,12,15H,9-11,13H2,1H3/t15-/m1/s1. The lowest BCUT2D eigenvalue weighted by Gasteiger charge is -2.19. The Balaban J connectivity index is 1.47. The molecule has 0 bridgehead atoms. The molecule has 1 atom stereocenters. The van der Waals surface area contributed by atoms with Gasteiger partial charge < -0.3 is 9.64 Å². The van der Waals surface area contributed by atoms with Crippen LogP contribution in [0, 0.1) is 12.8 Å². The molecule has 0 unspecified atom stereocenters. The molecule has 0 radical (unpaired) electrons. The van der Waals surface area contributed by atoms with E-state index in [0.29, 0.717) is 5.69 Å². The molecule has 2 aromatic rings. The fourth-order valence-corrected chi connectivity index (χ4v) is 3.71. The van der Waals surface area contributed by atoms with E-state index >= 15 is 0 Å². The Labute approximate surface area is 167 Å². The summed E-state index contributed by atoms with van der Waals surface area (Å²) < 4.78 is 5.46. The van der Waals surface area contributed by atoms with Crippen LogP contribution in [0.4, 0.5) is 11.4 Å². The third kappa shape index (κ3) is 3.63. The SMILES string of the molecule is Cc1ccccc1N1C[C@H](C(=O)Oc2cccc(N3C(=O)CCC3=O)c2)CC1=O. The largest absolute Gasteiger partial charge is 0.426 e. The molecule has 3 amide bonds. The van der Waals surface area contributed by atoms with E-state index in [2.05, 4.69) is 0 Å². The highest BCUT2D eigenvalue weighted by Gasteiger charge is 2.37. The zero-order valence-corrected chi connectivity index (χ0v) is 16.0. The van der Waals surface area contributed by atoms with Gasteiger partial charge in [-0.05, 0) is 30.7 Å². The molecule has 0 spiro atoms. The van der Waals surface area contributed by atoms with Crippen LogP contribution in [0.1, 0.15) is 24.8 Å². The number of anilines is 2. The van der Waals surface area contributed by atoms with Crippen molar-refractivity contribution >= 4 is 35.1 Å². The van der Waals surface area contributed by atoms with Crippen molar-refractivity contribution in [1.29, 1.82) is 0 Å². The summed E-state index contributed by atoms with van der Waals surface area (Å²) in [5.41, 5.74) is 2.13. The molecule has 2 aliphatic rings.